The highest BCUT2D eigenvalue weighted by Crippen LogP contribution is 2.37. The molecule has 0 spiro atoms. The van der Waals surface area contributed by atoms with Gasteiger partial charge in [-0.3, -0.25) is 19.3 Å². The summed E-state index contributed by atoms with van der Waals surface area (Å²) in [5, 5.41) is 2.18. The van der Waals surface area contributed by atoms with Crippen LogP contribution in [0.1, 0.15) is 25.0 Å². The summed E-state index contributed by atoms with van der Waals surface area (Å²) in [6, 6.07) is 8.65. The molecular formula is C27H28N2O7S. The number of anilines is 1. The number of imide groups is 1. The molecule has 0 saturated carbocycles. The summed E-state index contributed by atoms with van der Waals surface area (Å²) in [5.74, 6) is 1.25. The van der Waals surface area contributed by atoms with Gasteiger partial charge in [0.25, 0.3) is 11.1 Å². The molecule has 37 heavy (non-hydrogen) atoms. The summed E-state index contributed by atoms with van der Waals surface area (Å²) in [6.45, 7) is 8.94. The number of benzene rings is 2. The van der Waals surface area contributed by atoms with E-state index in [1.54, 1.807) is 36.4 Å². The van der Waals surface area contributed by atoms with Crippen molar-refractivity contribution in [1.82, 2.24) is 4.90 Å². The van der Waals surface area contributed by atoms with Crippen molar-refractivity contribution >= 4 is 40.6 Å². The second-order valence-electron chi connectivity index (χ2n) is 8.04. The van der Waals surface area contributed by atoms with E-state index in [-0.39, 0.29) is 4.91 Å². The number of carbonyl (C=O) groups is 3. The Morgan fingerprint density at radius 2 is 1.86 bits per heavy atom. The molecule has 10 heteroatoms. The molecule has 0 bridgehead atoms. The van der Waals surface area contributed by atoms with E-state index in [0.717, 1.165) is 22.2 Å². The van der Waals surface area contributed by atoms with Gasteiger partial charge in [0, 0.05) is 17.3 Å². The maximum Gasteiger partial charge on any atom is 0.294 e. The Morgan fingerprint density at radius 1 is 1.11 bits per heavy atom. The number of hydrogen-bond acceptors (Lipinski definition) is 8. The molecule has 0 unspecified atom stereocenters. The van der Waals surface area contributed by atoms with Crippen LogP contribution in [0.15, 0.2) is 47.9 Å². The number of hydrogen-bond donors (Lipinski definition) is 1. The monoisotopic (exact) mass is 524 g/mol. The Morgan fingerprint density at radius 3 is 2.59 bits per heavy atom. The lowest BCUT2D eigenvalue weighted by Gasteiger charge is -2.19. The van der Waals surface area contributed by atoms with Crippen LogP contribution < -0.4 is 24.3 Å². The van der Waals surface area contributed by atoms with E-state index in [0.29, 0.717) is 67.1 Å². The van der Waals surface area contributed by atoms with E-state index in [1.807, 2.05) is 19.9 Å². The van der Waals surface area contributed by atoms with Crippen molar-refractivity contribution in [3.05, 3.63) is 59.0 Å². The lowest BCUT2D eigenvalue weighted by Crippen LogP contribution is -2.36. The minimum atomic E-state index is -0.538. The van der Waals surface area contributed by atoms with Crippen LogP contribution in [0.4, 0.5) is 10.5 Å². The van der Waals surface area contributed by atoms with Gasteiger partial charge in [-0.2, -0.15) is 0 Å². The molecular weight excluding hydrogens is 496 g/mol. The van der Waals surface area contributed by atoms with Gasteiger partial charge in [0.05, 0.1) is 18.1 Å². The first-order chi connectivity index (χ1) is 17.9. The lowest BCUT2D eigenvalue weighted by molar-refractivity contribution is -0.127. The number of allylic oxidation sites excluding steroid dienone is 1. The van der Waals surface area contributed by atoms with Gasteiger partial charge in [-0.25, -0.2) is 0 Å². The lowest BCUT2D eigenvalue weighted by atomic mass is 10.0. The first-order valence-electron chi connectivity index (χ1n) is 11.9. The fourth-order valence-electron chi connectivity index (χ4n) is 3.90. The van der Waals surface area contributed by atoms with Gasteiger partial charge in [0.2, 0.25) is 5.91 Å². The number of amides is 3. The largest absolute Gasteiger partial charge is 0.490 e. The molecule has 0 aromatic heterocycles. The predicted octanol–water partition coefficient (Wildman–Crippen LogP) is 4.66. The summed E-state index contributed by atoms with van der Waals surface area (Å²) in [4.78, 5) is 39.4. The molecule has 2 aliphatic rings. The fourth-order valence-corrected chi connectivity index (χ4v) is 4.74. The van der Waals surface area contributed by atoms with Crippen LogP contribution in [-0.2, 0) is 16.0 Å². The van der Waals surface area contributed by atoms with Crippen molar-refractivity contribution in [3.63, 3.8) is 0 Å². The molecule has 2 heterocycles. The number of nitrogens with one attached hydrogen (secondary N) is 1. The van der Waals surface area contributed by atoms with Crippen molar-refractivity contribution < 1.29 is 33.3 Å². The molecule has 4 rings (SSSR count). The third-order valence-corrected chi connectivity index (χ3v) is 6.31. The Kier molecular flexibility index (Phi) is 8.39. The van der Waals surface area contributed by atoms with Crippen LogP contribution in [0.2, 0.25) is 0 Å². The molecule has 9 nitrogen and oxygen atoms in total. The Bertz CT molecular complexity index is 1260. The molecule has 1 saturated heterocycles. The summed E-state index contributed by atoms with van der Waals surface area (Å²) < 4.78 is 22.6. The van der Waals surface area contributed by atoms with Gasteiger partial charge in [-0.1, -0.05) is 6.08 Å². The van der Waals surface area contributed by atoms with Crippen LogP contribution in [0.25, 0.3) is 6.08 Å². The molecule has 0 atom stereocenters. The van der Waals surface area contributed by atoms with Gasteiger partial charge < -0.3 is 24.3 Å². The highest BCUT2D eigenvalue weighted by atomic mass is 32.2. The van der Waals surface area contributed by atoms with Crippen molar-refractivity contribution in [1.29, 1.82) is 0 Å². The van der Waals surface area contributed by atoms with Crippen LogP contribution in [0, 0.1) is 0 Å². The number of rotatable bonds is 10. The van der Waals surface area contributed by atoms with Crippen LogP contribution in [0.3, 0.4) is 0 Å². The molecule has 1 N–H and O–H groups in total. The van der Waals surface area contributed by atoms with Gasteiger partial charge >= 0.3 is 0 Å². The van der Waals surface area contributed by atoms with Crippen LogP contribution >= 0.6 is 11.8 Å². The average Bonchev–Trinajstić information content (AvgIpc) is 3.13. The van der Waals surface area contributed by atoms with E-state index in [9.17, 15) is 14.4 Å². The second-order valence-corrected chi connectivity index (χ2v) is 9.03. The summed E-state index contributed by atoms with van der Waals surface area (Å²) in [7, 11) is 0. The van der Waals surface area contributed by atoms with Crippen molar-refractivity contribution in [2.45, 2.75) is 20.3 Å². The predicted molar refractivity (Wildman–Crippen MR) is 141 cm³/mol. The number of fused-ring (bicyclic) bond motifs is 1. The van der Waals surface area contributed by atoms with Gasteiger partial charge in [-0.15, -0.1) is 6.58 Å². The van der Waals surface area contributed by atoms with E-state index in [1.165, 1.54) is 0 Å². The quantitative estimate of drug-likeness (QED) is 0.354. The molecule has 0 aliphatic carbocycles. The zero-order valence-electron chi connectivity index (χ0n) is 20.7. The van der Waals surface area contributed by atoms with E-state index in [4.69, 9.17) is 18.9 Å². The number of ether oxygens (including phenoxy) is 4. The number of nitrogens with zero attached hydrogens (tertiary/aromatic N) is 1. The highest BCUT2D eigenvalue weighted by molar-refractivity contribution is 8.18. The molecule has 3 amide bonds. The zero-order chi connectivity index (χ0) is 26.4. The van der Waals surface area contributed by atoms with E-state index < -0.39 is 23.6 Å². The van der Waals surface area contributed by atoms with Crippen molar-refractivity contribution in [2.24, 2.45) is 0 Å². The summed E-state index contributed by atoms with van der Waals surface area (Å²) in [6.07, 6.45) is 3.92. The van der Waals surface area contributed by atoms with Gasteiger partial charge in [-0.05, 0) is 67.9 Å². The average molecular weight is 525 g/mol. The molecule has 0 radical (unpaired) electrons. The molecule has 2 aromatic rings. The number of thioether (sulfide) groups is 1. The highest BCUT2D eigenvalue weighted by Gasteiger charge is 2.36. The maximum atomic E-state index is 13.0. The zero-order valence-corrected chi connectivity index (χ0v) is 21.5. The van der Waals surface area contributed by atoms with Crippen molar-refractivity contribution in [2.75, 3.05) is 38.3 Å². The Balaban J connectivity index is 1.50. The Hall–Kier alpha value is -3.92. The molecule has 2 aromatic carbocycles. The van der Waals surface area contributed by atoms with Gasteiger partial charge in [0.15, 0.2) is 23.0 Å². The first-order valence-corrected chi connectivity index (χ1v) is 12.7. The standard InChI is InChI=1S/C27H28N2O7S/c1-4-7-18-12-17(13-22(33-5-2)25(18)34-6-3)14-23-26(31)29(27(32)37-23)16-24(30)28-19-8-9-20-21(15-19)36-11-10-35-20/h4,8-9,12-15H,1,5-7,10-11,16H2,2-3H3,(H,28,30)/b23-14+. The first kappa shape index (κ1) is 26.2. The maximum absolute atomic E-state index is 13.0. The smallest absolute Gasteiger partial charge is 0.294 e. The minimum Gasteiger partial charge on any atom is -0.490 e. The SMILES string of the molecule is C=CCc1cc(/C=C2/SC(=O)N(CC(=O)Nc3ccc4c(c3)OCCO4)C2=O)cc(OCC)c1OCC. The third-order valence-electron chi connectivity index (χ3n) is 5.41. The molecule has 194 valence electrons. The fraction of sp³-hybridized carbons (Fsp3) is 0.296. The van der Waals surface area contributed by atoms with E-state index in [2.05, 4.69) is 11.9 Å². The van der Waals surface area contributed by atoms with E-state index >= 15 is 0 Å². The molecule has 2 aliphatic heterocycles. The normalized spacial score (nSPS) is 15.6. The van der Waals surface area contributed by atoms with Crippen LogP contribution in [0.5, 0.6) is 23.0 Å². The minimum absolute atomic E-state index is 0.216. The third kappa shape index (κ3) is 6.08. The topological polar surface area (TPSA) is 103 Å². The second kappa shape index (κ2) is 11.9. The Labute approximate surface area is 219 Å². The summed E-state index contributed by atoms with van der Waals surface area (Å²) in [5.41, 5.74) is 2.01. The van der Waals surface area contributed by atoms with Gasteiger partial charge in [0.1, 0.15) is 19.8 Å². The summed E-state index contributed by atoms with van der Waals surface area (Å²) >= 11 is 0.786. The number of carbonyl (C=O) groups excluding carboxylic acids is 3. The molecule has 1 fully saturated rings. The van der Waals surface area contributed by atoms with Crippen molar-refractivity contribution in [3.8, 4) is 23.0 Å². The van der Waals surface area contributed by atoms with Crippen LogP contribution in [-0.4, -0.2) is 54.9 Å².